The van der Waals surface area contributed by atoms with Gasteiger partial charge in [0.2, 0.25) is 0 Å². The van der Waals surface area contributed by atoms with Crippen LogP contribution in [0.4, 0.5) is 0 Å². The van der Waals surface area contributed by atoms with E-state index in [1.165, 1.54) is 55.8 Å². The summed E-state index contributed by atoms with van der Waals surface area (Å²) in [6, 6.07) is 58.3. The fourth-order valence-electron chi connectivity index (χ4n) is 7.89. The van der Waals surface area contributed by atoms with E-state index < -0.39 is 7.92 Å². The van der Waals surface area contributed by atoms with Crippen molar-refractivity contribution in [2.75, 3.05) is 12.3 Å². The molecule has 0 aliphatic carbocycles. The van der Waals surface area contributed by atoms with Crippen LogP contribution in [0.5, 0.6) is 11.5 Å². The van der Waals surface area contributed by atoms with Crippen molar-refractivity contribution in [1.29, 1.82) is 0 Å². The van der Waals surface area contributed by atoms with E-state index in [4.69, 9.17) is 4.74 Å². The van der Waals surface area contributed by atoms with Gasteiger partial charge >= 0.3 is 0 Å². The van der Waals surface area contributed by atoms with Crippen LogP contribution in [0.25, 0.3) is 0 Å². The summed E-state index contributed by atoms with van der Waals surface area (Å²) < 4.78 is 7.31. The van der Waals surface area contributed by atoms with Crippen LogP contribution in [0.3, 0.4) is 0 Å². The number of rotatable bonds is 6. The fraction of sp³-hybridized carbons (Fsp3) is 0.182. The van der Waals surface area contributed by atoms with E-state index in [1.807, 2.05) is 0 Å². The first-order valence-electron chi connectivity index (χ1n) is 16.8. The number of benzene rings is 6. The second-order valence-electron chi connectivity index (χ2n) is 13.3. The van der Waals surface area contributed by atoms with Gasteiger partial charge in [0.15, 0.2) is 0 Å². The lowest BCUT2D eigenvalue weighted by Crippen LogP contribution is -2.35. The van der Waals surface area contributed by atoms with Crippen molar-refractivity contribution < 1.29 is 4.74 Å². The fourth-order valence-corrected chi connectivity index (χ4v) is 13.0. The highest BCUT2D eigenvalue weighted by Gasteiger charge is 2.42. The summed E-state index contributed by atoms with van der Waals surface area (Å²) in [5.74, 6) is 2.18. The summed E-state index contributed by atoms with van der Waals surface area (Å²) in [5, 5.41) is 5.42. The molecular formula is C44H40OP2. The molecule has 6 aromatic carbocycles. The lowest BCUT2D eigenvalue weighted by molar-refractivity contribution is 0.424. The molecule has 0 bridgehead atoms. The van der Waals surface area contributed by atoms with Gasteiger partial charge in [-0.3, -0.25) is 0 Å². The van der Waals surface area contributed by atoms with Gasteiger partial charge in [-0.25, -0.2) is 0 Å². The number of ether oxygens (including phenoxy) is 1. The van der Waals surface area contributed by atoms with E-state index in [-0.39, 0.29) is 18.8 Å². The maximum Gasteiger partial charge on any atom is 0.139 e. The van der Waals surface area contributed by atoms with Crippen molar-refractivity contribution >= 4 is 37.1 Å². The Hall–Kier alpha value is -4.02. The zero-order valence-electron chi connectivity index (χ0n) is 27.1. The smallest absolute Gasteiger partial charge is 0.139 e. The van der Waals surface area contributed by atoms with Crippen molar-refractivity contribution in [3.63, 3.8) is 0 Å². The van der Waals surface area contributed by atoms with E-state index in [0.717, 1.165) is 24.3 Å². The molecule has 0 spiro atoms. The molecule has 0 saturated carbocycles. The van der Waals surface area contributed by atoms with Gasteiger partial charge in [-0.1, -0.05) is 179 Å². The number of hydrogen-bond acceptors (Lipinski definition) is 1. The minimum absolute atomic E-state index is 0.0529. The number of hydrogen-bond donors (Lipinski definition) is 0. The molecule has 0 radical (unpaired) electrons. The lowest BCUT2D eigenvalue weighted by atomic mass is 9.70. The average Bonchev–Trinajstić information content (AvgIpc) is 3.14. The largest absolute Gasteiger partial charge is 0.455 e. The summed E-state index contributed by atoms with van der Waals surface area (Å²) in [4.78, 5) is 0. The highest BCUT2D eigenvalue weighted by molar-refractivity contribution is 7.80. The molecule has 0 aromatic heterocycles. The second kappa shape index (κ2) is 12.5. The molecule has 0 atom stereocenters. The molecule has 0 amide bonds. The Balaban J connectivity index is 1.20. The summed E-state index contributed by atoms with van der Waals surface area (Å²) in [7, 11) is -1.18. The Morgan fingerprint density at radius 3 is 1.51 bits per heavy atom. The predicted octanol–water partition coefficient (Wildman–Crippen LogP) is 9.76. The molecule has 1 nitrogen and oxygen atoms in total. The van der Waals surface area contributed by atoms with E-state index in [2.05, 4.69) is 172 Å². The Kier molecular flexibility index (Phi) is 8.09. The Morgan fingerprint density at radius 1 is 0.511 bits per heavy atom. The van der Waals surface area contributed by atoms with Gasteiger partial charge in [0.25, 0.3) is 0 Å². The van der Waals surface area contributed by atoms with Crippen LogP contribution in [-0.4, -0.2) is 12.3 Å². The second-order valence-corrected chi connectivity index (χ2v) is 18.0. The van der Waals surface area contributed by atoms with Crippen molar-refractivity contribution in [2.45, 2.75) is 37.5 Å². The molecule has 0 N–H and O–H groups in total. The van der Waals surface area contributed by atoms with Crippen molar-refractivity contribution in [2.24, 2.45) is 0 Å². The molecular weight excluding hydrogens is 606 g/mol. The topological polar surface area (TPSA) is 9.23 Å². The standard InChI is InChI=1S/C44H40OP2/c1-43(2)37-25-15-27-39(46-31-29-44(30-32-46,33-17-7-3-8-18-33)34-19-9-4-10-20-34)41(37)45-42-38(43)26-16-28-40(42)47(35-21-11-5-12-22-35)36-23-13-6-14-24-36/h3-28H,29-32H2,1-2H3. The van der Waals surface area contributed by atoms with Crippen LogP contribution >= 0.6 is 15.8 Å². The Bertz CT molecular complexity index is 1900. The van der Waals surface area contributed by atoms with E-state index in [9.17, 15) is 0 Å². The summed E-state index contributed by atoms with van der Waals surface area (Å²) in [5.41, 5.74) is 5.37. The van der Waals surface area contributed by atoms with Gasteiger partial charge in [-0.2, -0.15) is 0 Å². The van der Waals surface area contributed by atoms with Crippen LogP contribution in [0, 0.1) is 0 Å². The molecule has 2 heterocycles. The molecule has 2 aliphatic rings. The monoisotopic (exact) mass is 646 g/mol. The third kappa shape index (κ3) is 5.35. The average molecular weight is 647 g/mol. The lowest BCUT2D eigenvalue weighted by Gasteiger charge is -2.43. The van der Waals surface area contributed by atoms with Gasteiger partial charge in [0, 0.05) is 32.6 Å². The number of fused-ring (bicyclic) bond motifs is 2. The third-order valence-electron chi connectivity index (χ3n) is 10.4. The highest BCUT2D eigenvalue weighted by atomic mass is 31.1. The van der Waals surface area contributed by atoms with Crippen molar-refractivity contribution in [3.05, 3.63) is 180 Å². The zero-order chi connectivity index (χ0) is 31.8. The normalized spacial score (nSPS) is 16.6. The maximum atomic E-state index is 7.31. The minimum atomic E-state index is -0.800. The molecule has 1 saturated heterocycles. The highest BCUT2D eigenvalue weighted by Crippen LogP contribution is 2.56. The molecule has 1 fully saturated rings. The Morgan fingerprint density at radius 2 is 0.979 bits per heavy atom. The minimum Gasteiger partial charge on any atom is -0.455 e. The molecule has 6 aromatic rings. The van der Waals surface area contributed by atoms with Crippen LogP contribution in [0.1, 0.15) is 48.9 Å². The zero-order valence-corrected chi connectivity index (χ0v) is 28.9. The third-order valence-corrected chi connectivity index (χ3v) is 15.4. The van der Waals surface area contributed by atoms with E-state index in [1.54, 1.807) is 0 Å². The first-order chi connectivity index (χ1) is 23.1. The maximum absolute atomic E-state index is 7.31. The predicted molar refractivity (Wildman–Crippen MR) is 203 cm³/mol. The van der Waals surface area contributed by atoms with E-state index >= 15 is 0 Å². The van der Waals surface area contributed by atoms with Crippen LogP contribution in [0.15, 0.2) is 158 Å². The molecule has 0 unspecified atom stereocenters. The summed E-state index contributed by atoms with van der Waals surface area (Å²) in [6.45, 7) is 4.77. The van der Waals surface area contributed by atoms with Gasteiger partial charge in [0.05, 0.1) is 0 Å². The first kappa shape index (κ1) is 30.3. The van der Waals surface area contributed by atoms with Gasteiger partial charge in [0.1, 0.15) is 11.5 Å². The first-order valence-corrected chi connectivity index (χ1v) is 19.8. The van der Waals surface area contributed by atoms with E-state index in [0.29, 0.717) is 0 Å². The molecule has 3 heteroatoms. The summed E-state index contributed by atoms with van der Waals surface area (Å²) >= 11 is 0. The van der Waals surface area contributed by atoms with Crippen LogP contribution in [0.2, 0.25) is 0 Å². The molecule has 2 aliphatic heterocycles. The molecule has 47 heavy (non-hydrogen) atoms. The van der Waals surface area contributed by atoms with Gasteiger partial charge in [-0.05, 0) is 54.8 Å². The van der Waals surface area contributed by atoms with Crippen molar-refractivity contribution in [3.8, 4) is 11.5 Å². The SMILES string of the molecule is CC1(C)c2cccc(P3CCC(c4ccccc4)(c4ccccc4)CC3)c2Oc2c(P(c3ccccc3)c3ccccc3)cccc21. The number of para-hydroxylation sites is 2. The van der Waals surface area contributed by atoms with Gasteiger partial charge in [-0.15, -0.1) is 0 Å². The molecule has 232 valence electrons. The van der Waals surface area contributed by atoms with Crippen molar-refractivity contribution in [1.82, 2.24) is 0 Å². The molecule has 8 rings (SSSR count). The quantitative estimate of drug-likeness (QED) is 0.164. The Labute approximate surface area is 282 Å². The van der Waals surface area contributed by atoms with Crippen LogP contribution in [-0.2, 0) is 10.8 Å². The van der Waals surface area contributed by atoms with Gasteiger partial charge < -0.3 is 4.74 Å². The van der Waals surface area contributed by atoms with Crippen LogP contribution < -0.4 is 26.0 Å². The summed E-state index contributed by atoms with van der Waals surface area (Å²) in [6.07, 6.45) is 4.67.